The van der Waals surface area contributed by atoms with Crippen LogP contribution in [-0.4, -0.2) is 23.0 Å². The summed E-state index contributed by atoms with van der Waals surface area (Å²) in [6.07, 6.45) is 4.55. The first-order valence-corrected chi connectivity index (χ1v) is 8.43. The van der Waals surface area contributed by atoms with E-state index in [1.807, 2.05) is 6.20 Å². The number of halogens is 1. The van der Waals surface area contributed by atoms with Crippen molar-refractivity contribution in [3.63, 3.8) is 0 Å². The number of aromatic nitrogens is 1. The zero-order valence-corrected chi connectivity index (χ0v) is 14.0. The highest BCUT2D eigenvalue weighted by atomic mass is 79.9. The summed E-state index contributed by atoms with van der Waals surface area (Å²) in [6, 6.07) is 12.8. The molecule has 0 atom stereocenters. The Morgan fingerprint density at radius 2 is 1.81 bits per heavy atom. The third kappa shape index (κ3) is 3.92. The van der Waals surface area contributed by atoms with E-state index in [-0.39, 0.29) is 0 Å². The van der Waals surface area contributed by atoms with Gasteiger partial charge in [0.05, 0.1) is 5.69 Å². The molecule has 2 aromatic rings. The maximum atomic E-state index is 4.54. The molecule has 3 rings (SSSR count). The second kappa shape index (κ2) is 6.71. The van der Waals surface area contributed by atoms with Crippen molar-refractivity contribution in [2.75, 3.05) is 13.1 Å². The molecule has 0 bridgehead atoms. The van der Waals surface area contributed by atoms with Gasteiger partial charge in [-0.05, 0) is 67.2 Å². The van der Waals surface area contributed by atoms with Crippen molar-refractivity contribution in [3.8, 4) is 11.1 Å². The van der Waals surface area contributed by atoms with Crippen LogP contribution in [-0.2, 0) is 6.54 Å². The third-order valence-electron chi connectivity index (χ3n) is 4.26. The Morgan fingerprint density at radius 1 is 1.10 bits per heavy atom. The van der Waals surface area contributed by atoms with Gasteiger partial charge in [-0.15, -0.1) is 0 Å². The summed E-state index contributed by atoms with van der Waals surface area (Å²) in [5.74, 6) is 0.878. The lowest BCUT2D eigenvalue weighted by Gasteiger charge is -2.29. The van der Waals surface area contributed by atoms with Crippen LogP contribution in [0.15, 0.2) is 47.1 Å². The summed E-state index contributed by atoms with van der Waals surface area (Å²) < 4.78 is 1.11. The van der Waals surface area contributed by atoms with E-state index in [4.69, 9.17) is 0 Å². The molecule has 2 nitrogen and oxygen atoms in total. The maximum Gasteiger partial charge on any atom is 0.0550 e. The molecular weight excluding hydrogens is 324 g/mol. The van der Waals surface area contributed by atoms with Crippen molar-refractivity contribution in [1.82, 2.24) is 9.88 Å². The van der Waals surface area contributed by atoms with Crippen LogP contribution in [0, 0.1) is 5.92 Å². The molecule has 1 aliphatic rings. The lowest BCUT2D eigenvalue weighted by Crippen LogP contribution is -2.32. The average Bonchev–Trinajstić information content (AvgIpc) is 2.51. The number of hydrogen-bond donors (Lipinski definition) is 0. The molecule has 3 heteroatoms. The Bertz CT molecular complexity index is 586. The molecule has 0 unspecified atom stereocenters. The Morgan fingerprint density at radius 3 is 2.52 bits per heavy atom. The van der Waals surface area contributed by atoms with Crippen LogP contribution in [0.1, 0.15) is 25.5 Å². The van der Waals surface area contributed by atoms with Gasteiger partial charge in [0.25, 0.3) is 0 Å². The quantitative estimate of drug-likeness (QED) is 0.799. The van der Waals surface area contributed by atoms with Crippen LogP contribution in [0.3, 0.4) is 0 Å². The Kier molecular flexibility index (Phi) is 4.71. The van der Waals surface area contributed by atoms with Gasteiger partial charge in [0, 0.05) is 17.2 Å². The lowest BCUT2D eigenvalue weighted by molar-refractivity contribution is 0.183. The van der Waals surface area contributed by atoms with E-state index >= 15 is 0 Å². The summed E-state index contributed by atoms with van der Waals surface area (Å²) in [7, 11) is 0. The van der Waals surface area contributed by atoms with Crippen LogP contribution in [0.25, 0.3) is 11.1 Å². The third-order valence-corrected chi connectivity index (χ3v) is 4.78. The molecule has 0 radical (unpaired) electrons. The smallest absolute Gasteiger partial charge is 0.0550 e. The minimum atomic E-state index is 0.878. The molecule has 0 aliphatic carbocycles. The van der Waals surface area contributed by atoms with E-state index in [1.165, 1.54) is 42.8 Å². The summed E-state index contributed by atoms with van der Waals surface area (Å²) in [4.78, 5) is 7.07. The van der Waals surface area contributed by atoms with E-state index in [9.17, 15) is 0 Å². The molecule has 110 valence electrons. The van der Waals surface area contributed by atoms with E-state index < -0.39 is 0 Å². The van der Waals surface area contributed by atoms with Crippen LogP contribution < -0.4 is 0 Å². The van der Waals surface area contributed by atoms with Gasteiger partial charge in [0.1, 0.15) is 0 Å². The van der Waals surface area contributed by atoms with Crippen LogP contribution in [0.2, 0.25) is 0 Å². The maximum absolute atomic E-state index is 4.54. The van der Waals surface area contributed by atoms with E-state index in [0.29, 0.717) is 0 Å². The minimum absolute atomic E-state index is 0.878. The van der Waals surface area contributed by atoms with Crippen molar-refractivity contribution in [3.05, 3.63) is 52.8 Å². The standard InChI is InChI=1S/C18H21BrN2/c1-14-7-10-21(11-8-14)13-18-12-16(6-9-20-18)15-2-4-17(19)5-3-15/h2-6,9,12,14H,7-8,10-11,13H2,1H3. The Balaban J connectivity index is 1.72. The molecule has 0 N–H and O–H groups in total. The SMILES string of the molecule is CC1CCN(Cc2cc(-c3ccc(Br)cc3)ccn2)CC1. The number of pyridine rings is 1. The predicted octanol–water partition coefficient (Wildman–Crippen LogP) is 4.74. The average molecular weight is 345 g/mol. The van der Waals surface area contributed by atoms with E-state index in [0.717, 1.165) is 16.9 Å². The highest BCUT2D eigenvalue weighted by Crippen LogP contribution is 2.23. The van der Waals surface area contributed by atoms with Gasteiger partial charge in [0.15, 0.2) is 0 Å². The van der Waals surface area contributed by atoms with Gasteiger partial charge in [-0.3, -0.25) is 9.88 Å². The molecule has 1 aromatic heterocycles. The van der Waals surface area contributed by atoms with Crippen molar-refractivity contribution in [2.45, 2.75) is 26.3 Å². The normalized spacial score (nSPS) is 17.0. The first kappa shape index (κ1) is 14.7. The highest BCUT2D eigenvalue weighted by Gasteiger charge is 2.16. The van der Waals surface area contributed by atoms with Gasteiger partial charge in [-0.25, -0.2) is 0 Å². The topological polar surface area (TPSA) is 16.1 Å². The first-order chi connectivity index (χ1) is 10.2. The van der Waals surface area contributed by atoms with Crippen LogP contribution >= 0.6 is 15.9 Å². The number of likely N-dealkylation sites (tertiary alicyclic amines) is 1. The molecule has 1 fully saturated rings. The number of hydrogen-bond acceptors (Lipinski definition) is 2. The summed E-state index contributed by atoms with van der Waals surface area (Å²) in [5, 5.41) is 0. The van der Waals surface area contributed by atoms with E-state index in [2.05, 4.69) is 69.1 Å². The van der Waals surface area contributed by atoms with Crippen LogP contribution in [0.5, 0.6) is 0 Å². The van der Waals surface area contributed by atoms with Gasteiger partial charge in [0.2, 0.25) is 0 Å². The second-order valence-corrected chi connectivity index (χ2v) is 6.92. The molecule has 21 heavy (non-hydrogen) atoms. The van der Waals surface area contributed by atoms with Crippen LogP contribution in [0.4, 0.5) is 0 Å². The number of benzene rings is 1. The summed E-state index contributed by atoms with van der Waals surface area (Å²) in [5.41, 5.74) is 3.66. The van der Waals surface area contributed by atoms with Gasteiger partial charge < -0.3 is 0 Å². The predicted molar refractivity (Wildman–Crippen MR) is 91.0 cm³/mol. The fraction of sp³-hybridized carbons (Fsp3) is 0.389. The number of nitrogens with zero attached hydrogens (tertiary/aromatic N) is 2. The Hall–Kier alpha value is -1.19. The second-order valence-electron chi connectivity index (χ2n) is 6.00. The van der Waals surface area contributed by atoms with Crippen molar-refractivity contribution in [2.24, 2.45) is 5.92 Å². The highest BCUT2D eigenvalue weighted by molar-refractivity contribution is 9.10. The summed E-state index contributed by atoms with van der Waals surface area (Å²) in [6.45, 7) is 5.72. The molecule has 0 spiro atoms. The fourth-order valence-corrected chi connectivity index (χ4v) is 3.10. The lowest BCUT2D eigenvalue weighted by atomic mass is 9.99. The monoisotopic (exact) mass is 344 g/mol. The van der Waals surface area contributed by atoms with Gasteiger partial charge in [-0.1, -0.05) is 35.0 Å². The van der Waals surface area contributed by atoms with Gasteiger partial charge in [-0.2, -0.15) is 0 Å². The largest absolute Gasteiger partial charge is 0.297 e. The molecule has 1 saturated heterocycles. The molecule has 2 heterocycles. The Labute approximate surface area is 135 Å². The molecule has 0 amide bonds. The zero-order valence-electron chi connectivity index (χ0n) is 12.4. The number of rotatable bonds is 3. The van der Waals surface area contributed by atoms with E-state index in [1.54, 1.807) is 0 Å². The van der Waals surface area contributed by atoms with Crippen molar-refractivity contribution in [1.29, 1.82) is 0 Å². The summed E-state index contributed by atoms with van der Waals surface area (Å²) >= 11 is 3.48. The first-order valence-electron chi connectivity index (χ1n) is 7.64. The zero-order chi connectivity index (χ0) is 14.7. The molecule has 1 aromatic carbocycles. The minimum Gasteiger partial charge on any atom is -0.297 e. The van der Waals surface area contributed by atoms with Crippen molar-refractivity contribution < 1.29 is 0 Å². The van der Waals surface area contributed by atoms with Gasteiger partial charge >= 0.3 is 0 Å². The number of piperidine rings is 1. The fourth-order valence-electron chi connectivity index (χ4n) is 2.84. The van der Waals surface area contributed by atoms with Crippen molar-refractivity contribution >= 4 is 15.9 Å². The molecule has 1 aliphatic heterocycles. The molecule has 0 saturated carbocycles. The molecular formula is C18H21BrN2.